The third-order valence-corrected chi connectivity index (χ3v) is 4.11. The molecule has 1 aliphatic rings. The lowest BCUT2D eigenvalue weighted by Crippen LogP contribution is -2.27. The molecule has 0 amide bonds. The van der Waals surface area contributed by atoms with Gasteiger partial charge in [0.05, 0.1) is 14.2 Å². The Bertz CT molecular complexity index is 437. The molecule has 2 rings (SSSR count). The summed E-state index contributed by atoms with van der Waals surface area (Å²) in [6.07, 6.45) is 4.95. The van der Waals surface area contributed by atoms with Crippen LogP contribution in [0.25, 0.3) is 0 Å². The Balaban J connectivity index is 1.95. The second kappa shape index (κ2) is 8.13. The van der Waals surface area contributed by atoms with Crippen molar-refractivity contribution in [1.29, 1.82) is 0 Å². The normalized spacial score (nSPS) is 19.9. The summed E-state index contributed by atoms with van der Waals surface area (Å²) < 4.78 is 10.6. The summed E-state index contributed by atoms with van der Waals surface area (Å²) in [5.74, 6) is 1.56. The van der Waals surface area contributed by atoms with Crippen LogP contribution < -0.4 is 14.8 Å². The Morgan fingerprint density at radius 3 is 2.67 bits per heavy atom. The third kappa shape index (κ3) is 4.53. The van der Waals surface area contributed by atoms with Gasteiger partial charge in [-0.1, -0.05) is 6.92 Å². The molecule has 1 N–H and O–H groups in total. The SMILES string of the molecule is CCCN1CCCC(Nc2ccc(OC)c(OC)c2)CC1. The van der Waals surface area contributed by atoms with Crippen LogP contribution in [0.1, 0.15) is 32.6 Å². The first-order valence-electron chi connectivity index (χ1n) is 7.97. The quantitative estimate of drug-likeness (QED) is 0.871. The summed E-state index contributed by atoms with van der Waals surface area (Å²) in [4.78, 5) is 2.58. The van der Waals surface area contributed by atoms with E-state index in [1.165, 1.54) is 45.3 Å². The van der Waals surface area contributed by atoms with Gasteiger partial charge < -0.3 is 19.7 Å². The summed E-state index contributed by atoms with van der Waals surface area (Å²) >= 11 is 0. The summed E-state index contributed by atoms with van der Waals surface area (Å²) in [6.45, 7) is 5.91. The standard InChI is InChI=1S/C17H28N2O2/c1-4-10-19-11-5-6-14(9-12-19)18-15-7-8-16(20-2)17(13-15)21-3/h7-8,13-14,18H,4-6,9-12H2,1-3H3. The van der Waals surface area contributed by atoms with E-state index in [4.69, 9.17) is 9.47 Å². The number of ether oxygens (including phenoxy) is 2. The number of rotatable bonds is 6. The van der Waals surface area contributed by atoms with Gasteiger partial charge in [-0.05, 0) is 50.9 Å². The van der Waals surface area contributed by atoms with Gasteiger partial charge >= 0.3 is 0 Å². The van der Waals surface area contributed by atoms with E-state index in [0.29, 0.717) is 6.04 Å². The van der Waals surface area contributed by atoms with Crippen molar-refractivity contribution in [2.45, 2.75) is 38.6 Å². The molecule has 118 valence electrons. The molecular weight excluding hydrogens is 264 g/mol. The molecule has 0 aromatic heterocycles. The molecule has 0 saturated carbocycles. The number of likely N-dealkylation sites (tertiary alicyclic amines) is 1. The van der Waals surface area contributed by atoms with Gasteiger partial charge in [0.2, 0.25) is 0 Å². The van der Waals surface area contributed by atoms with E-state index in [1.807, 2.05) is 12.1 Å². The Kier molecular flexibility index (Phi) is 6.18. The maximum Gasteiger partial charge on any atom is 0.162 e. The lowest BCUT2D eigenvalue weighted by Gasteiger charge is -2.20. The van der Waals surface area contributed by atoms with E-state index < -0.39 is 0 Å². The van der Waals surface area contributed by atoms with E-state index in [1.54, 1.807) is 14.2 Å². The van der Waals surface area contributed by atoms with Gasteiger partial charge in [0.25, 0.3) is 0 Å². The largest absolute Gasteiger partial charge is 0.493 e. The molecule has 1 unspecified atom stereocenters. The highest BCUT2D eigenvalue weighted by atomic mass is 16.5. The molecule has 1 saturated heterocycles. The summed E-state index contributed by atoms with van der Waals surface area (Å²) in [5, 5.41) is 3.65. The highest BCUT2D eigenvalue weighted by Gasteiger charge is 2.16. The lowest BCUT2D eigenvalue weighted by molar-refractivity contribution is 0.285. The van der Waals surface area contributed by atoms with Crippen molar-refractivity contribution < 1.29 is 9.47 Å². The van der Waals surface area contributed by atoms with Gasteiger partial charge in [-0.2, -0.15) is 0 Å². The van der Waals surface area contributed by atoms with E-state index in [-0.39, 0.29) is 0 Å². The van der Waals surface area contributed by atoms with E-state index in [9.17, 15) is 0 Å². The summed E-state index contributed by atoms with van der Waals surface area (Å²) in [7, 11) is 3.34. The van der Waals surface area contributed by atoms with Crippen LogP contribution in [0.15, 0.2) is 18.2 Å². The number of benzene rings is 1. The number of anilines is 1. The van der Waals surface area contributed by atoms with Crippen LogP contribution in [0.5, 0.6) is 11.5 Å². The molecule has 1 aromatic carbocycles. The highest BCUT2D eigenvalue weighted by Crippen LogP contribution is 2.30. The van der Waals surface area contributed by atoms with Crippen LogP contribution in [0, 0.1) is 0 Å². The van der Waals surface area contributed by atoms with E-state index in [0.717, 1.165) is 17.2 Å². The maximum absolute atomic E-state index is 5.37. The Morgan fingerprint density at radius 2 is 1.95 bits per heavy atom. The molecule has 0 radical (unpaired) electrons. The van der Waals surface area contributed by atoms with E-state index >= 15 is 0 Å². The van der Waals surface area contributed by atoms with Crippen LogP contribution in [0.3, 0.4) is 0 Å². The summed E-state index contributed by atoms with van der Waals surface area (Å²) in [6, 6.07) is 6.59. The number of nitrogens with zero attached hydrogens (tertiary/aromatic N) is 1. The molecular formula is C17H28N2O2. The molecule has 0 aliphatic carbocycles. The minimum Gasteiger partial charge on any atom is -0.493 e. The molecule has 1 aliphatic heterocycles. The van der Waals surface area contributed by atoms with Crippen LogP contribution in [0.4, 0.5) is 5.69 Å². The highest BCUT2D eigenvalue weighted by molar-refractivity contribution is 5.55. The Morgan fingerprint density at radius 1 is 1.14 bits per heavy atom. The third-order valence-electron chi connectivity index (χ3n) is 4.11. The van der Waals surface area contributed by atoms with Crippen LogP contribution in [0.2, 0.25) is 0 Å². The molecule has 4 nitrogen and oxygen atoms in total. The lowest BCUT2D eigenvalue weighted by atomic mass is 10.1. The van der Waals surface area contributed by atoms with Crippen molar-refractivity contribution in [3.63, 3.8) is 0 Å². The fraction of sp³-hybridized carbons (Fsp3) is 0.647. The van der Waals surface area contributed by atoms with Gasteiger partial charge in [-0.15, -0.1) is 0 Å². The predicted molar refractivity (Wildman–Crippen MR) is 87.5 cm³/mol. The van der Waals surface area contributed by atoms with Crippen LogP contribution in [-0.2, 0) is 0 Å². The van der Waals surface area contributed by atoms with Crippen molar-refractivity contribution >= 4 is 5.69 Å². The van der Waals surface area contributed by atoms with Crippen molar-refractivity contribution in [3.05, 3.63) is 18.2 Å². The zero-order chi connectivity index (χ0) is 15.1. The topological polar surface area (TPSA) is 33.7 Å². The minimum atomic E-state index is 0.546. The van der Waals surface area contributed by atoms with Crippen molar-refractivity contribution in [2.24, 2.45) is 0 Å². The van der Waals surface area contributed by atoms with Gasteiger partial charge in [-0.3, -0.25) is 0 Å². The molecule has 1 aromatic rings. The van der Waals surface area contributed by atoms with Gasteiger partial charge in [0.1, 0.15) is 0 Å². The molecule has 21 heavy (non-hydrogen) atoms. The number of hydrogen-bond donors (Lipinski definition) is 1. The first-order valence-corrected chi connectivity index (χ1v) is 7.97. The molecule has 0 spiro atoms. The second-order valence-corrected chi connectivity index (χ2v) is 5.68. The first-order chi connectivity index (χ1) is 10.3. The van der Waals surface area contributed by atoms with Crippen molar-refractivity contribution in [1.82, 2.24) is 4.90 Å². The van der Waals surface area contributed by atoms with Crippen molar-refractivity contribution in [3.8, 4) is 11.5 Å². The predicted octanol–water partition coefficient (Wildman–Crippen LogP) is 3.38. The van der Waals surface area contributed by atoms with Crippen LogP contribution in [-0.4, -0.2) is 44.8 Å². The van der Waals surface area contributed by atoms with Gasteiger partial charge in [0.15, 0.2) is 11.5 Å². The number of methoxy groups -OCH3 is 2. The monoisotopic (exact) mass is 292 g/mol. The summed E-state index contributed by atoms with van der Waals surface area (Å²) in [5.41, 5.74) is 1.11. The zero-order valence-corrected chi connectivity index (χ0v) is 13.5. The average molecular weight is 292 g/mol. The van der Waals surface area contributed by atoms with E-state index in [2.05, 4.69) is 23.2 Å². The van der Waals surface area contributed by atoms with Crippen LogP contribution >= 0.6 is 0 Å². The average Bonchev–Trinajstić information content (AvgIpc) is 2.73. The molecule has 1 heterocycles. The Hall–Kier alpha value is -1.42. The second-order valence-electron chi connectivity index (χ2n) is 5.68. The molecule has 1 atom stereocenters. The molecule has 4 heteroatoms. The Labute approximate surface area is 128 Å². The number of nitrogens with one attached hydrogen (secondary N) is 1. The minimum absolute atomic E-state index is 0.546. The van der Waals surface area contributed by atoms with Gasteiger partial charge in [-0.25, -0.2) is 0 Å². The van der Waals surface area contributed by atoms with Gasteiger partial charge in [0, 0.05) is 24.3 Å². The maximum atomic E-state index is 5.37. The smallest absolute Gasteiger partial charge is 0.162 e. The molecule has 1 fully saturated rings. The number of hydrogen-bond acceptors (Lipinski definition) is 4. The fourth-order valence-electron chi connectivity index (χ4n) is 3.00. The van der Waals surface area contributed by atoms with Crippen molar-refractivity contribution in [2.75, 3.05) is 39.2 Å². The zero-order valence-electron chi connectivity index (χ0n) is 13.5. The first kappa shape index (κ1) is 16.0. The fourth-order valence-corrected chi connectivity index (χ4v) is 3.00. The molecule has 0 bridgehead atoms.